The molecule has 15 heavy (non-hydrogen) atoms. The molecule has 0 aliphatic rings. The summed E-state index contributed by atoms with van der Waals surface area (Å²) in [5.41, 5.74) is 6.12. The van der Waals surface area contributed by atoms with Gasteiger partial charge in [-0.2, -0.15) is 0 Å². The van der Waals surface area contributed by atoms with E-state index in [0.717, 1.165) is 25.4 Å². The van der Waals surface area contributed by atoms with E-state index in [-0.39, 0.29) is 0 Å². The molecule has 0 fully saturated rings. The third-order valence-corrected chi connectivity index (χ3v) is 2.04. The Bertz CT molecular complexity index is 330. The van der Waals surface area contributed by atoms with Gasteiger partial charge in [-0.25, -0.2) is 4.98 Å². The monoisotopic (exact) mass is 225 g/mol. The molecule has 0 saturated heterocycles. The van der Waals surface area contributed by atoms with E-state index in [1.807, 2.05) is 12.1 Å². The molecular weight excluding hydrogens is 210 g/mol. The molecule has 0 spiro atoms. The maximum Gasteiger partial charge on any atom is 0.126 e. The van der Waals surface area contributed by atoms with Crippen LogP contribution in [0.4, 0.5) is 5.82 Å². The van der Waals surface area contributed by atoms with Crippen molar-refractivity contribution in [3.63, 3.8) is 0 Å². The van der Waals surface area contributed by atoms with Gasteiger partial charge in [0, 0.05) is 20.3 Å². The predicted octanol–water partition coefficient (Wildman–Crippen LogP) is 1.16. The van der Waals surface area contributed by atoms with Gasteiger partial charge < -0.3 is 15.8 Å². The van der Waals surface area contributed by atoms with Gasteiger partial charge in [-0.15, -0.1) is 0 Å². The number of nitrogens with one attached hydrogen (secondary N) is 1. The molecule has 0 amide bonds. The van der Waals surface area contributed by atoms with Crippen molar-refractivity contribution in [2.24, 2.45) is 5.73 Å². The quantitative estimate of drug-likeness (QED) is 0.562. The lowest BCUT2D eigenvalue weighted by Crippen LogP contribution is -2.13. The number of ether oxygens (including phenoxy) is 1. The second-order valence-electron chi connectivity index (χ2n) is 3.05. The topological polar surface area (TPSA) is 60.2 Å². The molecule has 1 rings (SSSR count). The summed E-state index contributed by atoms with van der Waals surface area (Å²) in [4.78, 5) is 4.57. The molecule has 0 aromatic carbocycles. The highest BCUT2D eigenvalue weighted by Crippen LogP contribution is 2.04. The minimum Gasteiger partial charge on any atom is -0.388 e. The van der Waals surface area contributed by atoms with Crippen molar-refractivity contribution in [2.75, 3.05) is 25.6 Å². The molecule has 5 heteroatoms. The number of nitrogens with zero attached hydrogens (tertiary/aromatic N) is 1. The molecule has 82 valence electrons. The summed E-state index contributed by atoms with van der Waals surface area (Å²) in [5.74, 6) is 0.788. The Morgan fingerprint density at radius 1 is 1.60 bits per heavy atom. The Balaban J connectivity index is 2.47. The van der Waals surface area contributed by atoms with Gasteiger partial charge in [0.2, 0.25) is 0 Å². The van der Waals surface area contributed by atoms with Crippen molar-refractivity contribution in [2.45, 2.75) is 6.42 Å². The van der Waals surface area contributed by atoms with Gasteiger partial charge in [-0.3, -0.25) is 0 Å². The van der Waals surface area contributed by atoms with Gasteiger partial charge in [-0.1, -0.05) is 18.3 Å². The first-order chi connectivity index (χ1) is 7.24. The highest BCUT2D eigenvalue weighted by atomic mass is 32.1. The molecule has 0 atom stereocenters. The van der Waals surface area contributed by atoms with E-state index in [9.17, 15) is 0 Å². The Morgan fingerprint density at radius 3 is 3.07 bits per heavy atom. The number of aromatic nitrogens is 1. The fourth-order valence-corrected chi connectivity index (χ4v) is 1.22. The second kappa shape index (κ2) is 6.31. The lowest BCUT2D eigenvalue weighted by atomic mass is 10.3. The van der Waals surface area contributed by atoms with Crippen LogP contribution in [0.2, 0.25) is 0 Å². The Kier molecular flexibility index (Phi) is 5.00. The average Bonchev–Trinajstić information content (AvgIpc) is 2.25. The summed E-state index contributed by atoms with van der Waals surface area (Å²) in [6, 6.07) is 5.55. The number of hydrogen-bond acceptors (Lipinski definition) is 4. The van der Waals surface area contributed by atoms with Gasteiger partial charge in [0.25, 0.3) is 0 Å². The van der Waals surface area contributed by atoms with Crippen LogP contribution in [0.1, 0.15) is 12.1 Å². The molecule has 0 unspecified atom stereocenters. The van der Waals surface area contributed by atoms with Crippen molar-refractivity contribution in [3.8, 4) is 0 Å². The summed E-state index contributed by atoms with van der Waals surface area (Å²) in [6.07, 6.45) is 0.940. The van der Waals surface area contributed by atoms with E-state index in [2.05, 4.69) is 10.3 Å². The van der Waals surface area contributed by atoms with Crippen LogP contribution in [0.3, 0.4) is 0 Å². The zero-order valence-electron chi connectivity index (χ0n) is 8.69. The molecule has 3 N–H and O–H groups in total. The van der Waals surface area contributed by atoms with E-state index < -0.39 is 0 Å². The molecule has 0 radical (unpaired) electrons. The van der Waals surface area contributed by atoms with E-state index >= 15 is 0 Å². The number of pyridine rings is 1. The molecule has 1 aromatic rings. The summed E-state index contributed by atoms with van der Waals surface area (Å²) in [6.45, 7) is 1.56. The maximum absolute atomic E-state index is 5.48. The number of anilines is 1. The number of thiocarbonyl (C=S) groups is 1. The Labute approximate surface area is 94.8 Å². The molecule has 0 aliphatic carbocycles. The first kappa shape index (κ1) is 11.9. The van der Waals surface area contributed by atoms with Crippen LogP contribution in [0.25, 0.3) is 0 Å². The molecule has 4 nitrogen and oxygen atoms in total. The Morgan fingerprint density at radius 2 is 2.40 bits per heavy atom. The predicted molar refractivity (Wildman–Crippen MR) is 65.1 cm³/mol. The number of nitrogens with two attached hydrogens (primary N) is 1. The zero-order chi connectivity index (χ0) is 11.1. The van der Waals surface area contributed by atoms with Crippen molar-refractivity contribution in [1.82, 2.24) is 4.98 Å². The number of rotatable bonds is 6. The largest absolute Gasteiger partial charge is 0.388 e. The zero-order valence-corrected chi connectivity index (χ0v) is 9.51. The molecule has 0 bridgehead atoms. The SMILES string of the molecule is COCCCNc1cccc(C(N)=S)n1. The van der Waals surface area contributed by atoms with Crippen LogP contribution < -0.4 is 11.1 Å². The van der Waals surface area contributed by atoms with Crippen LogP contribution >= 0.6 is 12.2 Å². The van der Waals surface area contributed by atoms with Crippen molar-refractivity contribution >= 4 is 23.0 Å². The summed E-state index contributed by atoms with van der Waals surface area (Å²) in [5, 5.41) is 3.17. The first-order valence-electron chi connectivity index (χ1n) is 4.73. The molecule has 1 heterocycles. The highest BCUT2D eigenvalue weighted by Gasteiger charge is 1.99. The smallest absolute Gasteiger partial charge is 0.126 e. The van der Waals surface area contributed by atoms with Gasteiger partial charge in [0.05, 0.1) is 5.69 Å². The van der Waals surface area contributed by atoms with Crippen LogP contribution in [0.15, 0.2) is 18.2 Å². The summed E-state index contributed by atoms with van der Waals surface area (Å²) in [7, 11) is 1.69. The van der Waals surface area contributed by atoms with Gasteiger partial charge in [0.15, 0.2) is 0 Å². The normalized spacial score (nSPS) is 9.93. The third-order valence-electron chi connectivity index (χ3n) is 1.83. The number of hydrogen-bond donors (Lipinski definition) is 2. The van der Waals surface area contributed by atoms with Gasteiger partial charge in [0.1, 0.15) is 10.8 Å². The fourth-order valence-electron chi connectivity index (χ4n) is 1.10. The minimum absolute atomic E-state index is 0.315. The molecule has 1 aromatic heterocycles. The summed E-state index contributed by atoms with van der Waals surface area (Å²) >= 11 is 4.84. The van der Waals surface area contributed by atoms with Crippen molar-refractivity contribution in [3.05, 3.63) is 23.9 Å². The first-order valence-corrected chi connectivity index (χ1v) is 5.14. The standard InChI is InChI=1S/C10H15N3OS/c1-14-7-3-6-12-9-5-2-4-8(13-9)10(11)15/h2,4-5H,3,6-7H2,1H3,(H2,11,15)(H,12,13). The molecule has 0 aliphatic heterocycles. The average molecular weight is 225 g/mol. The van der Waals surface area contributed by atoms with Crippen LogP contribution in [0.5, 0.6) is 0 Å². The fraction of sp³-hybridized carbons (Fsp3) is 0.400. The van der Waals surface area contributed by atoms with Crippen LogP contribution in [0, 0.1) is 0 Å². The molecular formula is C10H15N3OS. The van der Waals surface area contributed by atoms with E-state index in [1.54, 1.807) is 13.2 Å². The van der Waals surface area contributed by atoms with Crippen LogP contribution in [-0.2, 0) is 4.74 Å². The van der Waals surface area contributed by atoms with Crippen molar-refractivity contribution in [1.29, 1.82) is 0 Å². The van der Waals surface area contributed by atoms with E-state index in [0.29, 0.717) is 10.7 Å². The van der Waals surface area contributed by atoms with E-state index in [1.165, 1.54) is 0 Å². The lowest BCUT2D eigenvalue weighted by Gasteiger charge is -2.06. The number of methoxy groups -OCH3 is 1. The highest BCUT2D eigenvalue weighted by molar-refractivity contribution is 7.80. The van der Waals surface area contributed by atoms with Crippen molar-refractivity contribution < 1.29 is 4.74 Å². The van der Waals surface area contributed by atoms with Gasteiger partial charge >= 0.3 is 0 Å². The minimum atomic E-state index is 0.315. The van der Waals surface area contributed by atoms with Crippen LogP contribution in [-0.4, -0.2) is 30.2 Å². The summed E-state index contributed by atoms with van der Waals surface area (Å²) < 4.78 is 4.94. The third kappa shape index (κ3) is 4.22. The second-order valence-corrected chi connectivity index (χ2v) is 3.49. The Hall–Kier alpha value is -1.20. The maximum atomic E-state index is 5.48. The van der Waals surface area contributed by atoms with Gasteiger partial charge in [-0.05, 0) is 18.6 Å². The molecule has 0 saturated carbocycles. The van der Waals surface area contributed by atoms with E-state index in [4.69, 9.17) is 22.7 Å². The lowest BCUT2D eigenvalue weighted by molar-refractivity contribution is 0.198.